The van der Waals surface area contributed by atoms with Gasteiger partial charge in [0.25, 0.3) is 0 Å². The molecule has 0 atom stereocenters. The number of carbonyl (C=O) groups is 1. The molecule has 0 saturated heterocycles. The fourth-order valence-electron chi connectivity index (χ4n) is 1.55. The fraction of sp³-hybridized carbons (Fsp3) is 0.462. The lowest BCUT2D eigenvalue weighted by molar-refractivity contribution is 0.0696. The Morgan fingerprint density at radius 2 is 2.05 bits per heavy atom. The molecule has 0 aromatic heterocycles. The summed E-state index contributed by atoms with van der Waals surface area (Å²) in [6.45, 7) is 3.89. The number of carboxylic acid groups (broad SMARTS) is 1. The quantitative estimate of drug-likeness (QED) is 0.824. The number of sulfonamides is 1. The van der Waals surface area contributed by atoms with Crippen molar-refractivity contribution in [1.29, 1.82) is 0 Å². The van der Waals surface area contributed by atoms with Crippen LogP contribution in [0.3, 0.4) is 0 Å². The van der Waals surface area contributed by atoms with E-state index in [4.69, 9.17) is 9.84 Å². The van der Waals surface area contributed by atoms with Crippen LogP contribution in [0.2, 0.25) is 0 Å². The van der Waals surface area contributed by atoms with Gasteiger partial charge in [0, 0.05) is 13.6 Å². The maximum absolute atomic E-state index is 13.8. The van der Waals surface area contributed by atoms with Gasteiger partial charge in [-0.15, -0.1) is 0 Å². The summed E-state index contributed by atoms with van der Waals surface area (Å²) >= 11 is 0. The van der Waals surface area contributed by atoms with Crippen molar-refractivity contribution >= 4 is 16.0 Å². The van der Waals surface area contributed by atoms with Crippen molar-refractivity contribution < 1.29 is 27.4 Å². The molecule has 21 heavy (non-hydrogen) atoms. The summed E-state index contributed by atoms with van der Waals surface area (Å²) in [5, 5.41) is 8.74. The van der Waals surface area contributed by atoms with Gasteiger partial charge >= 0.3 is 5.97 Å². The number of halogens is 1. The van der Waals surface area contributed by atoms with Crippen molar-refractivity contribution in [3.8, 4) is 0 Å². The molecule has 0 aliphatic heterocycles. The van der Waals surface area contributed by atoms with E-state index in [2.05, 4.69) is 0 Å². The highest BCUT2D eigenvalue weighted by Crippen LogP contribution is 2.19. The van der Waals surface area contributed by atoms with E-state index >= 15 is 0 Å². The highest BCUT2D eigenvalue weighted by molar-refractivity contribution is 7.89. The number of benzene rings is 1. The predicted molar refractivity (Wildman–Crippen MR) is 74.3 cm³/mol. The van der Waals surface area contributed by atoms with Crippen molar-refractivity contribution in [2.75, 3.05) is 20.2 Å². The Bertz CT molecular complexity index is 615. The van der Waals surface area contributed by atoms with Crippen LogP contribution in [0.4, 0.5) is 4.39 Å². The van der Waals surface area contributed by atoms with Gasteiger partial charge in [0.05, 0.1) is 18.3 Å². The summed E-state index contributed by atoms with van der Waals surface area (Å²) in [5.41, 5.74) is -0.308. The Labute approximate surface area is 123 Å². The Balaban J connectivity index is 2.94. The molecule has 6 nitrogen and oxygen atoms in total. The molecule has 0 unspecified atom stereocenters. The van der Waals surface area contributed by atoms with Crippen LogP contribution in [0.15, 0.2) is 23.1 Å². The van der Waals surface area contributed by atoms with Crippen LogP contribution < -0.4 is 0 Å². The first-order chi connectivity index (χ1) is 9.66. The molecule has 0 fully saturated rings. The Morgan fingerprint density at radius 3 is 2.52 bits per heavy atom. The minimum Gasteiger partial charge on any atom is -0.478 e. The lowest BCUT2D eigenvalue weighted by Crippen LogP contribution is -2.31. The first-order valence-corrected chi connectivity index (χ1v) is 7.71. The second kappa shape index (κ2) is 6.97. The van der Waals surface area contributed by atoms with Crippen molar-refractivity contribution in [2.24, 2.45) is 0 Å². The molecule has 0 radical (unpaired) electrons. The fourth-order valence-corrected chi connectivity index (χ4v) is 2.74. The first kappa shape index (κ1) is 17.5. The monoisotopic (exact) mass is 319 g/mol. The number of likely N-dealkylation sites (N-methyl/N-ethyl adjacent to an activating group) is 1. The van der Waals surface area contributed by atoms with Gasteiger partial charge in [-0.2, -0.15) is 4.31 Å². The number of ether oxygens (including phenoxy) is 1. The number of rotatable bonds is 7. The van der Waals surface area contributed by atoms with Gasteiger partial charge in [-0.25, -0.2) is 17.6 Å². The van der Waals surface area contributed by atoms with Crippen LogP contribution in [-0.4, -0.2) is 50.1 Å². The Morgan fingerprint density at radius 1 is 1.43 bits per heavy atom. The lowest BCUT2D eigenvalue weighted by Gasteiger charge is -2.18. The smallest absolute Gasteiger partial charge is 0.335 e. The van der Waals surface area contributed by atoms with Crippen LogP contribution in [0.5, 0.6) is 0 Å². The number of hydrogen-bond donors (Lipinski definition) is 1. The van der Waals surface area contributed by atoms with Gasteiger partial charge in [0.15, 0.2) is 0 Å². The topological polar surface area (TPSA) is 83.9 Å². The van der Waals surface area contributed by atoms with Gasteiger partial charge in [0.2, 0.25) is 10.0 Å². The van der Waals surface area contributed by atoms with Crippen LogP contribution >= 0.6 is 0 Å². The zero-order chi connectivity index (χ0) is 16.2. The molecule has 0 saturated carbocycles. The Hall–Kier alpha value is -1.51. The molecule has 8 heteroatoms. The summed E-state index contributed by atoms with van der Waals surface area (Å²) in [5.74, 6) is -2.41. The molecule has 0 aliphatic carbocycles. The Kier molecular flexibility index (Phi) is 5.82. The van der Waals surface area contributed by atoms with E-state index in [1.165, 1.54) is 7.05 Å². The molecule has 0 aliphatic rings. The van der Waals surface area contributed by atoms with E-state index in [-0.39, 0.29) is 24.8 Å². The molecule has 0 bridgehead atoms. The summed E-state index contributed by atoms with van der Waals surface area (Å²) in [6.07, 6.45) is -0.0345. The molecule has 0 heterocycles. The van der Waals surface area contributed by atoms with Crippen LogP contribution in [0.25, 0.3) is 0 Å². The van der Waals surface area contributed by atoms with Crippen LogP contribution in [0.1, 0.15) is 24.2 Å². The summed E-state index contributed by atoms with van der Waals surface area (Å²) < 4.78 is 44.4. The molecule has 1 aromatic rings. The molecule has 1 N–H and O–H groups in total. The summed E-state index contributed by atoms with van der Waals surface area (Å²) in [4.78, 5) is 10.2. The molecular weight excluding hydrogens is 301 g/mol. The minimum absolute atomic E-state index is 0.0345. The van der Waals surface area contributed by atoms with Crippen molar-refractivity contribution in [1.82, 2.24) is 4.31 Å². The highest BCUT2D eigenvalue weighted by atomic mass is 32.2. The number of nitrogens with zero attached hydrogens (tertiary/aromatic N) is 1. The third-order valence-electron chi connectivity index (χ3n) is 2.72. The average molecular weight is 319 g/mol. The molecule has 1 rings (SSSR count). The van der Waals surface area contributed by atoms with Crippen LogP contribution in [-0.2, 0) is 14.8 Å². The van der Waals surface area contributed by atoms with Crippen molar-refractivity contribution in [2.45, 2.75) is 24.8 Å². The third kappa shape index (κ3) is 4.48. The van der Waals surface area contributed by atoms with E-state index in [9.17, 15) is 17.6 Å². The molecule has 0 amide bonds. The molecule has 1 aromatic carbocycles. The maximum Gasteiger partial charge on any atom is 0.335 e. The second-order valence-corrected chi connectivity index (χ2v) is 6.71. The summed E-state index contributed by atoms with van der Waals surface area (Å²) in [7, 11) is -2.72. The SMILES string of the molecule is CC(C)OCCN(C)S(=O)(=O)c1ccc(C(=O)O)cc1F. The van der Waals surface area contributed by atoms with E-state index in [1.54, 1.807) is 0 Å². The predicted octanol–water partition coefficient (Wildman–Crippen LogP) is 1.57. The zero-order valence-electron chi connectivity index (χ0n) is 12.0. The number of aromatic carboxylic acids is 1. The van der Waals surface area contributed by atoms with Gasteiger partial charge < -0.3 is 9.84 Å². The standard InChI is InChI=1S/C13H18FNO5S/c1-9(2)20-7-6-15(3)21(18,19)12-5-4-10(13(16)17)8-11(12)14/h4-5,8-9H,6-7H2,1-3H3,(H,16,17). The maximum atomic E-state index is 13.8. The normalized spacial score (nSPS) is 12.1. The third-order valence-corrected chi connectivity index (χ3v) is 4.61. The highest BCUT2D eigenvalue weighted by Gasteiger charge is 2.25. The minimum atomic E-state index is -4.02. The van der Waals surface area contributed by atoms with Gasteiger partial charge in [-0.05, 0) is 32.0 Å². The zero-order valence-corrected chi connectivity index (χ0v) is 12.9. The van der Waals surface area contributed by atoms with E-state index in [0.717, 1.165) is 16.4 Å². The van der Waals surface area contributed by atoms with Gasteiger partial charge in [-0.1, -0.05) is 0 Å². The molecule has 0 spiro atoms. The van der Waals surface area contributed by atoms with Crippen molar-refractivity contribution in [3.05, 3.63) is 29.6 Å². The first-order valence-electron chi connectivity index (χ1n) is 6.27. The second-order valence-electron chi connectivity index (χ2n) is 4.70. The van der Waals surface area contributed by atoms with Gasteiger partial charge in [-0.3, -0.25) is 0 Å². The average Bonchev–Trinajstić information content (AvgIpc) is 2.37. The molecule has 118 valence electrons. The number of carboxylic acids is 1. The van der Waals surface area contributed by atoms with Crippen LogP contribution in [0, 0.1) is 5.82 Å². The van der Waals surface area contributed by atoms with Crippen molar-refractivity contribution in [3.63, 3.8) is 0 Å². The number of hydrogen-bond acceptors (Lipinski definition) is 4. The summed E-state index contributed by atoms with van der Waals surface area (Å²) in [6, 6.07) is 2.69. The van der Waals surface area contributed by atoms with E-state index in [1.807, 2.05) is 13.8 Å². The lowest BCUT2D eigenvalue weighted by atomic mass is 10.2. The van der Waals surface area contributed by atoms with E-state index < -0.39 is 26.7 Å². The van der Waals surface area contributed by atoms with E-state index in [0.29, 0.717) is 6.07 Å². The largest absolute Gasteiger partial charge is 0.478 e. The molecular formula is C13H18FNO5S. The van der Waals surface area contributed by atoms with Gasteiger partial charge in [0.1, 0.15) is 10.7 Å².